The third-order valence-corrected chi connectivity index (χ3v) is 8.07. The van der Waals surface area contributed by atoms with E-state index >= 15 is 0 Å². The Balaban J connectivity index is 1.59. The van der Waals surface area contributed by atoms with Crippen LogP contribution in [0.15, 0.2) is 18.2 Å². The second-order valence-electron chi connectivity index (χ2n) is 10.7. The topological polar surface area (TPSA) is 85.0 Å². The highest BCUT2D eigenvalue weighted by atomic mass is 35.5. The van der Waals surface area contributed by atoms with E-state index in [2.05, 4.69) is 24.6 Å². The van der Waals surface area contributed by atoms with Gasteiger partial charge in [0.25, 0.3) is 0 Å². The maximum absolute atomic E-state index is 13.7. The number of fused-ring (bicyclic) bond motifs is 3. The summed E-state index contributed by atoms with van der Waals surface area (Å²) in [6.07, 6.45) is 2.67. The number of hydrogen-bond donors (Lipinski definition) is 2. The fourth-order valence-corrected chi connectivity index (χ4v) is 5.61. The number of halogens is 2. The molecule has 3 fully saturated rings. The van der Waals surface area contributed by atoms with Crippen LogP contribution in [0.3, 0.4) is 0 Å². The lowest BCUT2D eigenvalue weighted by Crippen LogP contribution is -2.67. The summed E-state index contributed by atoms with van der Waals surface area (Å²) >= 11 is 6.23. The number of carbonyl (C=O) groups excluding carboxylic acids is 3. The van der Waals surface area contributed by atoms with Crippen LogP contribution in [0.1, 0.15) is 65.4 Å². The van der Waals surface area contributed by atoms with Crippen LogP contribution in [-0.2, 0) is 16.1 Å². The molecule has 0 spiro atoms. The van der Waals surface area contributed by atoms with Gasteiger partial charge in [-0.1, -0.05) is 38.4 Å². The second kappa shape index (κ2) is 10.9. The molecule has 10 heteroatoms. The SMILES string of the molecule is CCC(C)NC(=O)C1CCC2C(=O)N(CCC(C)C)C3NN(Cc4ccc(F)cc4Cl)C(=O)N3C2C1. The maximum Gasteiger partial charge on any atom is 0.337 e. The van der Waals surface area contributed by atoms with E-state index in [-0.39, 0.29) is 53.3 Å². The fourth-order valence-electron chi connectivity index (χ4n) is 5.38. The third-order valence-electron chi connectivity index (χ3n) is 7.72. The molecule has 4 rings (SSSR count). The van der Waals surface area contributed by atoms with Crippen LogP contribution >= 0.6 is 11.6 Å². The van der Waals surface area contributed by atoms with Crippen molar-refractivity contribution in [3.05, 3.63) is 34.6 Å². The van der Waals surface area contributed by atoms with Gasteiger partial charge in [0.1, 0.15) is 5.82 Å². The zero-order valence-corrected chi connectivity index (χ0v) is 22.2. The molecule has 8 nitrogen and oxygen atoms in total. The largest absolute Gasteiger partial charge is 0.353 e. The van der Waals surface area contributed by atoms with Gasteiger partial charge in [-0.15, -0.1) is 0 Å². The molecule has 1 aromatic carbocycles. The van der Waals surface area contributed by atoms with Gasteiger partial charge in [0, 0.05) is 29.6 Å². The normalized spacial score (nSPS) is 26.8. The van der Waals surface area contributed by atoms with Gasteiger partial charge in [0.05, 0.1) is 12.5 Å². The first kappa shape index (κ1) is 26.7. The van der Waals surface area contributed by atoms with E-state index in [0.29, 0.717) is 37.3 Å². The lowest BCUT2D eigenvalue weighted by molar-refractivity contribution is -0.159. The van der Waals surface area contributed by atoms with Crippen LogP contribution in [-0.4, -0.2) is 57.6 Å². The van der Waals surface area contributed by atoms with Gasteiger partial charge >= 0.3 is 6.03 Å². The quantitative estimate of drug-likeness (QED) is 0.539. The number of nitrogens with one attached hydrogen (secondary N) is 2. The van der Waals surface area contributed by atoms with Crippen molar-refractivity contribution in [2.45, 2.75) is 84.7 Å². The lowest BCUT2D eigenvalue weighted by atomic mass is 9.75. The number of amides is 4. The first-order valence-electron chi connectivity index (χ1n) is 13.0. The van der Waals surface area contributed by atoms with Crippen LogP contribution in [0.4, 0.5) is 9.18 Å². The zero-order chi connectivity index (χ0) is 26.1. The molecule has 1 aliphatic carbocycles. The Morgan fingerprint density at radius 3 is 2.67 bits per heavy atom. The van der Waals surface area contributed by atoms with Crippen LogP contribution in [0.25, 0.3) is 0 Å². The molecule has 2 N–H and O–H groups in total. The summed E-state index contributed by atoms with van der Waals surface area (Å²) in [6.45, 7) is 8.87. The van der Waals surface area contributed by atoms with Crippen LogP contribution in [0, 0.1) is 23.6 Å². The van der Waals surface area contributed by atoms with Crippen molar-refractivity contribution in [2.75, 3.05) is 6.54 Å². The summed E-state index contributed by atoms with van der Waals surface area (Å²) in [5, 5.41) is 4.75. The van der Waals surface area contributed by atoms with Gasteiger partial charge in [-0.25, -0.2) is 9.18 Å². The molecule has 5 unspecified atom stereocenters. The van der Waals surface area contributed by atoms with Crippen molar-refractivity contribution < 1.29 is 18.8 Å². The summed E-state index contributed by atoms with van der Waals surface area (Å²) in [5.41, 5.74) is 3.82. The van der Waals surface area contributed by atoms with Crippen LogP contribution in [0.2, 0.25) is 5.02 Å². The minimum absolute atomic E-state index is 0.0106. The lowest BCUT2D eigenvalue weighted by Gasteiger charge is -2.50. The summed E-state index contributed by atoms with van der Waals surface area (Å²) < 4.78 is 13.5. The monoisotopic (exact) mass is 521 g/mol. The van der Waals surface area contributed by atoms with Gasteiger partial charge < -0.3 is 10.2 Å². The summed E-state index contributed by atoms with van der Waals surface area (Å²) in [7, 11) is 0. The first-order chi connectivity index (χ1) is 17.1. The Bertz CT molecular complexity index is 1010. The molecule has 0 radical (unpaired) electrons. The van der Waals surface area contributed by atoms with E-state index in [0.717, 1.165) is 12.8 Å². The van der Waals surface area contributed by atoms with Crippen molar-refractivity contribution in [1.82, 2.24) is 25.6 Å². The maximum atomic E-state index is 13.7. The average Bonchev–Trinajstić information content (AvgIpc) is 3.15. The third kappa shape index (κ3) is 5.32. The van der Waals surface area contributed by atoms with E-state index in [9.17, 15) is 18.8 Å². The Morgan fingerprint density at radius 2 is 2.00 bits per heavy atom. The Labute approximate surface area is 217 Å². The molecule has 5 atom stereocenters. The summed E-state index contributed by atoms with van der Waals surface area (Å²) in [5.74, 6) is -0.604. The van der Waals surface area contributed by atoms with Gasteiger partial charge in [-0.05, 0) is 62.6 Å². The molecular formula is C26H37ClFN5O3. The first-order valence-corrected chi connectivity index (χ1v) is 13.4. The predicted octanol–water partition coefficient (Wildman–Crippen LogP) is 4.09. The molecule has 4 amide bonds. The Hall–Kier alpha value is -2.39. The van der Waals surface area contributed by atoms with Crippen LogP contribution < -0.4 is 10.7 Å². The molecule has 2 aliphatic heterocycles. The molecule has 2 saturated heterocycles. The van der Waals surface area contributed by atoms with E-state index in [1.165, 1.54) is 17.1 Å². The van der Waals surface area contributed by atoms with E-state index in [1.807, 2.05) is 13.8 Å². The molecule has 198 valence electrons. The molecule has 1 aromatic rings. The van der Waals surface area contributed by atoms with Crippen molar-refractivity contribution in [3.63, 3.8) is 0 Å². The van der Waals surface area contributed by atoms with Crippen molar-refractivity contribution in [2.24, 2.45) is 17.8 Å². The Morgan fingerprint density at radius 1 is 1.25 bits per heavy atom. The summed E-state index contributed by atoms with van der Waals surface area (Å²) in [4.78, 5) is 43.8. The summed E-state index contributed by atoms with van der Waals surface area (Å²) in [6, 6.07) is 3.54. The molecule has 1 saturated carbocycles. The zero-order valence-electron chi connectivity index (χ0n) is 21.5. The van der Waals surface area contributed by atoms with E-state index in [1.54, 1.807) is 15.9 Å². The molecule has 2 heterocycles. The van der Waals surface area contributed by atoms with E-state index in [4.69, 9.17) is 11.6 Å². The van der Waals surface area contributed by atoms with E-state index < -0.39 is 12.1 Å². The standard InChI is InChI=1S/C26H37ClFN5O3/c1-5-16(4)29-23(34)17-7-9-20-22(12-17)33-25(31(24(20)35)11-10-15(2)3)30-32(26(33)36)14-18-6-8-19(28)13-21(18)27/h6,8,13,15-17,20,22,25,30H,5,7,9-12,14H2,1-4H3,(H,29,34). The number of urea groups is 1. The number of benzene rings is 1. The molecule has 0 bridgehead atoms. The van der Waals surface area contributed by atoms with Gasteiger partial charge in [0.15, 0.2) is 6.29 Å². The van der Waals surface area contributed by atoms with Gasteiger partial charge in [0.2, 0.25) is 11.8 Å². The molecule has 0 aromatic heterocycles. The molecular weight excluding hydrogens is 485 g/mol. The Kier molecular flexibility index (Phi) is 8.09. The smallest absolute Gasteiger partial charge is 0.337 e. The minimum Gasteiger partial charge on any atom is -0.353 e. The minimum atomic E-state index is -0.624. The van der Waals surface area contributed by atoms with Gasteiger partial charge in [-0.2, -0.15) is 5.43 Å². The molecule has 3 aliphatic rings. The highest BCUT2D eigenvalue weighted by Crippen LogP contribution is 2.41. The van der Waals surface area contributed by atoms with Crippen molar-refractivity contribution in [1.29, 1.82) is 0 Å². The average molecular weight is 522 g/mol. The van der Waals surface area contributed by atoms with Crippen LogP contribution in [0.5, 0.6) is 0 Å². The number of carbonyl (C=O) groups is 3. The number of rotatable bonds is 8. The fraction of sp³-hybridized carbons (Fsp3) is 0.654. The van der Waals surface area contributed by atoms with Crippen molar-refractivity contribution in [3.8, 4) is 0 Å². The van der Waals surface area contributed by atoms with Crippen molar-refractivity contribution >= 4 is 29.4 Å². The number of nitrogens with zero attached hydrogens (tertiary/aromatic N) is 3. The van der Waals surface area contributed by atoms with Gasteiger partial charge in [-0.3, -0.25) is 19.5 Å². The molecule has 36 heavy (non-hydrogen) atoms. The highest BCUT2D eigenvalue weighted by Gasteiger charge is 2.55. The number of hydrazine groups is 1. The predicted molar refractivity (Wildman–Crippen MR) is 135 cm³/mol. The second-order valence-corrected chi connectivity index (χ2v) is 11.1. The number of hydrogen-bond acceptors (Lipinski definition) is 4. The highest BCUT2D eigenvalue weighted by molar-refractivity contribution is 6.31.